The maximum Gasteiger partial charge on any atom is 0.220 e. The minimum absolute atomic E-state index is 0.0244. The molecule has 2 fully saturated rings. The molecule has 0 aromatic heterocycles. The van der Waals surface area contributed by atoms with Gasteiger partial charge in [0.1, 0.15) is 0 Å². The van der Waals surface area contributed by atoms with Crippen LogP contribution in [0, 0.1) is 5.92 Å². The quantitative estimate of drug-likeness (QED) is 0.712. The molecule has 1 heterocycles. The van der Waals surface area contributed by atoms with E-state index in [-0.39, 0.29) is 12.5 Å². The third-order valence-electron chi connectivity index (χ3n) is 3.51. The van der Waals surface area contributed by atoms with Crippen LogP contribution in [0.1, 0.15) is 32.1 Å². The summed E-state index contributed by atoms with van der Waals surface area (Å²) in [7, 11) is 0. The van der Waals surface area contributed by atoms with Crippen LogP contribution in [-0.4, -0.2) is 36.4 Å². The Morgan fingerprint density at radius 3 is 2.80 bits per heavy atom. The zero-order valence-electron chi connectivity index (χ0n) is 9.00. The van der Waals surface area contributed by atoms with Crippen LogP contribution in [0.4, 0.5) is 0 Å². The van der Waals surface area contributed by atoms with E-state index in [1.54, 1.807) is 0 Å². The number of ether oxygens (including phenoxy) is 1. The molecule has 15 heavy (non-hydrogen) atoms. The number of hydrogen-bond donors (Lipinski definition) is 2. The molecule has 1 amide bonds. The molecule has 1 aliphatic heterocycles. The number of nitrogens with one attached hydrogen (secondary N) is 1. The van der Waals surface area contributed by atoms with Crippen molar-refractivity contribution >= 4 is 5.91 Å². The maximum absolute atomic E-state index is 11.7. The molecule has 1 saturated carbocycles. The topological polar surface area (TPSA) is 58.6 Å². The van der Waals surface area contributed by atoms with E-state index in [1.807, 2.05) is 0 Å². The van der Waals surface area contributed by atoms with Gasteiger partial charge in [-0.3, -0.25) is 4.79 Å². The smallest absolute Gasteiger partial charge is 0.220 e. The second-order valence-corrected chi connectivity index (χ2v) is 4.79. The second kappa shape index (κ2) is 4.49. The molecule has 1 saturated heterocycles. The summed E-state index contributed by atoms with van der Waals surface area (Å²) in [6, 6.07) is 0. The van der Waals surface area contributed by atoms with Crippen LogP contribution in [-0.2, 0) is 9.53 Å². The van der Waals surface area contributed by atoms with E-state index < -0.39 is 5.54 Å². The summed E-state index contributed by atoms with van der Waals surface area (Å²) >= 11 is 0. The number of carbonyl (C=O) groups excluding carboxylic acids is 1. The average Bonchev–Trinajstić information content (AvgIpc) is 2.61. The zero-order valence-corrected chi connectivity index (χ0v) is 9.00. The molecule has 1 unspecified atom stereocenters. The molecule has 2 rings (SSSR count). The van der Waals surface area contributed by atoms with Gasteiger partial charge >= 0.3 is 0 Å². The Kier molecular flexibility index (Phi) is 3.26. The standard InChI is InChI=1S/C11H19NO3/c13-7-11(4-5-15-8-11)12-10(14)6-9-2-1-3-9/h9,13H,1-8H2,(H,12,14). The molecule has 4 nitrogen and oxygen atoms in total. The fourth-order valence-electron chi connectivity index (χ4n) is 2.18. The lowest BCUT2D eigenvalue weighted by Gasteiger charge is -2.29. The molecule has 4 heteroatoms. The van der Waals surface area contributed by atoms with Crippen LogP contribution >= 0.6 is 0 Å². The minimum Gasteiger partial charge on any atom is -0.394 e. The highest BCUT2D eigenvalue weighted by Gasteiger charge is 2.36. The highest BCUT2D eigenvalue weighted by molar-refractivity contribution is 5.77. The molecular weight excluding hydrogens is 194 g/mol. The third kappa shape index (κ3) is 2.49. The number of aliphatic hydroxyl groups excluding tert-OH is 1. The molecular formula is C11H19NO3. The van der Waals surface area contributed by atoms with E-state index >= 15 is 0 Å². The molecule has 0 bridgehead atoms. The van der Waals surface area contributed by atoms with E-state index in [0.29, 0.717) is 25.6 Å². The maximum atomic E-state index is 11.7. The molecule has 0 radical (unpaired) electrons. The largest absolute Gasteiger partial charge is 0.394 e. The summed E-state index contributed by atoms with van der Waals surface area (Å²) in [6.07, 6.45) is 4.94. The van der Waals surface area contributed by atoms with E-state index in [1.165, 1.54) is 19.3 Å². The van der Waals surface area contributed by atoms with Gasteiger partial charge < -0.3 is 15.2 Å². The van der Waals surface area contributed by atoms with Gasteiger partial charge in [0.15, 0.2) is 0 Å². The number of amides is 1. The molecule has 0 aromatic rings. The fourth-order valence-corrected chi connectivity index (χ4v) is 2.18. The van der Waals surface area contributed by atoms with Gasteiger partial charge in [-0.1, -0.05) is 6.42 Å². The van der Waals surface area contributed by atoms with Crippen molar-refractivity contribution in [2.45, 2.75) is 37.6 Å². The third-order valence-corrected chi connectivity index (χ3v) is 3.51. The molecule has 0 aromatic carbocycles. The van der Waals surface area contributed by atoms with Gasteiger partial charge in [-0.15, -0.1) is 0 Å². The fraction of sp³-hybridized carbons (Fsp3) is 0.909. The second-order valence-electron chi connectivity index (χ2n) is 4.79. The van der Waals surface area contributed by atoms with Crippen molar-refractivity contribution < 1.29 is 14.6 Å². The van der Waals surface area contributed by atoms with E-state index in [4.69, 9.17) is 4.74 Å². The molecule has 1 atom stereocenters. The summed E-state index contributed by atoms with van der Waals surface area (Å²) in [5.74, 6) is 0.641. The minimum atomic E-state index is -0.499. The zero-order chi connectivity index (χ0) is 10.7. The van der Waals surface area contributed by atoms with Crippen molar-refractivity contribution in [3.8, 4) is 0 Å². The number of hydrogen-bond acceptors (Lipinski definition) is 3. The van der Waals surface area contributed by atoms with Crippen molar-refractivity contribution in [1.29, 1.82) is 0 Å². The average molecular weight is 213 g/mol. The van der Waals surface area contributed by atoms with Crippen LogP contribution in [0.5, 0.6) is 0 Å². The first-order valence-electron chi connectivity index (χ1n) is 5.74. The Hall–Kier alpha value is -0.610. The predicted molar refractivity (Wildman–Crippen MR) is 55.4 cm³/mol. The van der Waals surface area contributed by atoms with Gasteiger partial charge in [-0.2, -0.15) is 0 Å². The normalized spacial score (nSPS) is 31.3. The lowest BCUT2D eigenvalue weighted by atomic mass is 9.82. The monoisotopic (exact) mass is 213 g/mol. The first-order valence-corrected chi connectivity index (χ1v) is 5.74. The summed E-state index contributed by atoms with van der Waals surface area (Å²) in [5.41, 5.74) is -0.499. The number of carbonyl (C=O) groups is 1. The van der Waals surface area contributed by atoms with E-state index in [2.05, 4.69) is 5.32 Å². The van der Waals surface area contributed by atoms with Gasteiger partial charge in [0.25, 0.3) is 0 Å². The van der Waals surface area contributed by atoms with Crippen molar-refractivity contribution in [2.24, 2.45) is 5.92 Å². The molecule has 2 aliphatic rings. The Balaban J connectivity index is 1.80. The molecule has 86 valence electrons. The molecule has 2 N–H and O–H groups in total. The van der Waals surface area contributed by atoms with Crippen LogP contribution in [0.3, 0.4) is 0 Å². The van der Waals surface area contributed by atoms with Crippen molar-refractivity contribution in [1.82, 2.24) is 5.32 Å². The predicted octanol–water partition coefficient (Wildman–Crippen LogP) is 0.444. The van der Waals surface area contributed by atoms with Crippen molar-refractivity contribution in [3.05, 3.63) is 0 Å². The summed E-state index contributed by atoms with van der Waals surface area (Å²) in [6.45, 7) is 1.05. The van der Waals surface area contributed by atoms with Gasteiger partial charge in [-0.25, -0.2) is 0 Å². The van der Waals surface area contributed by atoms with Crippen LogP contribution in [0.25, 0.3) is 0 Å². The van der Waals surface area contributed by atoms with Crippen molar-refractivity contribution in [2.75, 3.05) is 19.8 Å². The van der Waals surface area contributed by atoms with Crippen LogP contribution < -0.4 is 5.32 Å². The summed E-state index contributed by atoms with van der Waals surface area (Å²) in [5, 5.41) is 12.2. The SMILES string of the molecule is O=C(CC1CCC1)NC1(CO)CCOC1. The summed E-state index contributed by atoms with van der Waals surface area (Å²) in [4.78, 5) is 11.7. The molecule has 1 aliphatic carbocycles. The van der Waals surface area contributed by atoms with Gasteiger partial charge in [0, 0.05) is 13.0 Å². The lowest BCUT2D eigenvalue weighted by molar-refractivity contribution is -0.125. The molecule has 0 spiro atoms. The highest BCUT2D eigenvalue weighted by Crippen LogP contribution is 2.29. The van der Waals surface area contributed by atoms with Gasteiger partial charge in [0.2, 0.25) is 5.91 Å². The van der Waals surface area contributed by atoms with Crippen LogP contribution in [0.2, 0.25) is 0 Å². The summed E-state index contributed by atoms with van der Waals surface area (Å²) < 4.78 is 5.22. The highest BCUT2D eigenvalue weighted by atomic mass is 16.5. The first-order chi connectivity index (χ1) is 7.24. The number of aliphatic hydroxyl groups is 1. The van der Waals surface area contributed by atoms with Crippen molar-refractivity contribution in [3.63, 3.8) is 0 Å². The van der Waals surface area contributed by atoms with Crippen LogP contribution in [0.15, 0.2) is 0 Å². The Morgan fingerprint density at radius 2 is 2.33 bits per heavy atom. The number of rotatable bonds is 4. The Bertz CT molecular complexity index is 232. The van der Waals surface area contributed by atoms with Gasteiger partial charge in [-0.05, 0) is 25.2 Å². The van der Waals surface area contributed by atoms with E-state index in [9.17, 15) is 9.90 Å². The Labute approximate surface area is 90.0 Å². The van der Waals surface area contributed by atoms with E-state index in [0.717, 1.165) is 6.42 Å². The Morgan fingerprint density at radius 1 is 1.53 bits per heavy atom. The first kappa shape index (κ1) is 10.9. The lowest BCUT2D eigenvalue weighted by Crippen LogP contribution is -2.52. The van der Waals surface area contributed by atoms with Gasteiger partial charge in [0.05, 0.1) is 18.8 Å².